The number of hydrogen-bond donors (Lipinski definition) is 0. The Morgan fingerprint density at radius 3 is 2.93 bits per heavy atom. The molecule has 1 aromatic carbocycles. The Kier molecular flexibility index (Phi) is 4.59. The van der Waals surface area contributed by atoms with Gasteiger partial charge in [-0.2, -0.15) is 0 Å². The minimum absolute atomic E-state index is 0.0831. The summed E-state index contributed by atoms with van der Waals surface area (Å²) >= 11 is 0. The summed E-state index contributed by atoms with van der Waals surface area (Å²) in [6.45, 7) is 1.04. The molecule has 150 valence electrons. The number of hydrogen-bond acceptors (Lipinski definition) is 6. The van der Waals surface area contributed by atoms with Gasteiger partial charge in [-0.1, -0.05) is 17.3 Å². The smallest absolute Gasteiger partial charge is 0.276 e. The molecule has 0 spiro atoms. The van der Waals surface area contributed by atoms with Gasteiger partial charge in [0.2, 0.25) is 0 Å². The monoisotopic (exact) mass is 401 g/mol. The molecular formula is C22H19N5O3. The number of fused-ring (bicyclic) bond motifs is 1. The third kappa shape index (κ3) is 3.26. The Bertz CT molecular complexity index is 1260. The van der Waals surface area contributed by atoms with Crippen molar-refractivity contribution in [3.63, 3.8) is 0 Å². The molecule has 4 aromatic rings. The zero-order chi connectivity index (χ0) is 20.5. The molecule has 0 saturated carbocycles. The average molecular weight is 401 g/mol. The van der Waals surface area contributed by atoms with Gasteiger partial charge in [-0.05, 0) is 37.1 Å². The van der Waals surface area contributed by atoms with Crippen molar-refractivity contribution >= 4 is 16.8 Å². The van der Waals surface area contributed by atoms with Gasteiger partial charge in [0.1, 0.15) is 0 Å². The average Bonchev–Trinajstić information content (AvgIpc) is 3.30. The fraction of sp³-hybridized carbons (Fsp3) is 0.227. The van der Waals surface area contributed by atoms with E-state index in [0.29, 0.717) is 29.8 Å². The van der Waals surface area contributed by atoms with Crippen LogP contribution in [0.1, 0.15) is 29.4 Å². The Morgan fingerprint density at radius 2 is 2.07 bits per heavy atom. The summed E-state index contributed by atoms with van der Waals surface area (Å²) in [6.07, 6.45) is 6.51. The molecule has 0 radical (unpaired) electrons. The predicted molar refractivity (Wildman–Crippen MR) is 110 cm³/mol. The molecule has 1 unspecified atom stereocenters. The lowest BCUT2D eigenvalue weighted by molar-refractivity contribution is 0.0667. The summed E-state index contributed by atoms with van der Waals surface area (Å²) < 4.78 is 6.98. The number of benzene rings is 1. The van der Waals surface area contributed by atoms with Gasteiger partial charge in [0, 0.05) is 37.1 Å². The normalized spacial score (nSPS) is 16.7. The molecule has 30 heavy (non-hydrogen) atoms. The van der Waals surface area contributed by atoms with Crippen LogP contribution in [0.15, 0.2) is 70.5 Å². The van der Waals surface area contributed by atoms with E-state index >= 15 is 0 Å². The second kappa shape index (κ2) is 7.55. The summed E-state index contributed by atoms with van der Waals surface area (Å²) in [5.74, 6) is 0.287. The summed E-state index contributed by atoms with van der Waals surface area (Å²) in [4.78, 5) is 36.1. The number of carbonyl (C=O) groups is 1. The highest BCUT2D eigenvalue weighted by molar-refractivity contribution is 5.93. The Morgan fingerprint density at radius 1 is 1.17 bits per heavy atom. The maximum Gasteiger partial charge on any atom is 0.276 e. The van der Waals surface area contributed by atoms with Crippen LogP contribution in [0.5, 0.6) is 0 Å². The van der Waals surface area contributed by atoms with Gasteiger partial charge in [-0.3, -0.25) is 19.1 Å². The number of rotatable bonds is 3. The zero-order valence-electron chi connectivity index (χ0n) is 16.1. The number of aromatic nitrogens is 4. The quantitative estimate of drug-likeness (QED) is 0.524. The van der Waals surface area contributed by atoms with Crippen LogP contribution in [-0.2, 0) is 0 Å². The first kappa shape index (κ1) is 18.2. The second-order valence-electron chi connectivity index (χ2n) is 7.34. The summed E-state index contributed by atoms with van der Waals surface area (Å²) in [6, 6.07) is 12.4. The molecule has 1 aliphatic rings. The fourth-order valence-corrected chi connectivity index (χ4v) is 3.89. The first-order chi connectivity index (χ1) is 14.7. The Labute approximate surface area is 171 Å². The van der Waals surface area contributed by atoms with Crippen molar-refractivity contribution in [2.75, 3.05) is 13.1 Å². The largest absolute Gasteiger partial charge is 0.355 e. The molecule has 8 nitrogen and oxygen atoms in total. The predicted octanol–water partition coefficient (Wildman–Crippen LogP) is 2.92. The Hall–Kier alpha value is -3.81. The number of carbonyl (C=O) groups excluding carboxylic acids is 1. The first-order valence-corrected chi connectivity index (χ1v) is 9.83. The highest BCUT2D eigenvalue weighted by Crippen LogP contribution is 2.24. The van der Waals surface area contributed by atoms with Crippen LogP contribution in [0.3, 0.4) is 0 Å². The lowest BCUT2D eigenvalue weighted by Gasteiger charge is -2.33. The number of amides is 1. The fourth-order valence-electron chi connectivity index (χ4n) is 3.89. The molecule has 1 aliphatic heterocycles. The third-order valence-electron chi connectivity index (χ3n) is 5.44. The van der Waals surface area contributed by atoms with Crippen LogP contribution in [0.25, 0.3) is 22.2 Å². The number of piperidine rings is 1. The van der Waals surface area contributed by atoms with Crippen LogP contribution >= 0.6 is 0 Å². The topological polar surface area (TPSA) is 94.1 Å². The van der Waals surface area contributed by atoms with Crippen LogP contribution in [0, 0.1) is 0 Å². The maximum absolute atomic E-state index is 13.0. The SMILES string of the molecule is O=C(c1cc(-c2cccnc2)on1)N1CCCC(n2cnc3ccccc3c2=O)C1. The summed E-state index contributed by atoms with van der Waals surface area (Å²) in [5, 5.41) is 4.53. The molecule has 0 N–H and O–H groups in total. The molecule has 1 amide bonds. The highest BCUT2D eigenvalue weighted by Gasteiger charge is 2.28. The van der Waals surface area contributed by atoms with Crippen LogP contribution < -0.4 is 5.56 Å². The molecule has 0 aliphatic carbocycles. The molecular weight excluding hydrogens is 382 g/mol. The van der Waals surface area contributed by atoms with Crippen LogP contribution in [0.2, 0.25) is 0 Å². The van der Waals surface area contributed by atoms with Crippen LogP contribution in [0.4, 0.5) is 0 Å². The second-order valence-corrected chi connectivity index (χ2v) is 7.34. The van der Waals surface area contributed by atoms with Crippen molar-refractivity contribution in [1.29, 1.82) is 0 Å². The standard InChI is InChI=1S/C22H19N5O3/c28-21-17-7-1-2-8-18(17)24-14-27(21)16-6-4-10-26(13-16)22(29)19-11-20(30-25-19)15-5-3-9-23-12-15/h1-3,5,7-9,11-12,14,16H,4,6,10,13H2. The van der Waals surface area contributed by atoms with Crippen LogP contribution in [-0.4, -0.2) is 43.6 Å². The number of nitrogens with zero attached hydrogens (tertiary/aromatic N) is 5. The van der Waals surface area contributed by atoms with Crippen molar-refractivity contribution < 1.29 is 9.32 Å². The minimum atomic E-state index is -0.208. The first-order valence-electron chi connectivity index (χ1n) is 9.83. The van der Waals surface area contributed by atoms with Crippen molar-refractivity contribution in [3.05, 3.63) is 77.2 Å². The van der Waals surface area contributed by atoms with E-state index in [2.05, 4.69) is 15.1 Å². The van der Waals surface area contributed by atoms with E-state index in [1.54, 1.807) is 46.4 Å². The van der Waals surface area contributed by atoms with Gasteiger partial charge < -0.3 is 9.42 Å². The van der Waals surface area contributed by atoms with Gasteiger partial charge >= 0.3 is 0 Å². The lowest BCUT2D eigenvalue weighted by Crippen LogP contribution is -2.43. The summed E-state index contributed by atoms with van der Waals surface area (Å²) in [7, 11) is 0. The summed E-state index contributed by atoms with van der Waals surface area (Å²) in [5.41, 5.74) is 1.60. The molecule has 0 bridgehead atoms. The molecule has 5 rings (SSSR count). The van der Waals surface area contributed by atoms with Gasteiger partial charge in [-0.25, -0.2) is 4.98 Å². The number of para-hydroxylation sites is 1. The van der Waals surface area contributed by atoms with E-state index in [1.165, 1.54) is 0 Å². The van der Waals surface area contributed by atoms with Crippen molar-refractivity contribution in [3.8, 4) is 11.3 Å². The van der Waals surface area contributed by atoms with Crippen molar-refractivity contribution in [2.45, 2.75) is 18.9 Å². The van der Waals surface area contributed by atoms with E-state index in [9.17, 15) is 9.59 Å². The highest BCUT2D eigenvalue weighted by atomic mass is 16.5. The molecule has 1 fully saturated rings. The van der Waals surface area contributed by atoms with Gasteiger partial charge in [0.05, 0.1) is 23.3 Å². The van der Waals surface area contributed by atoms with Gasteiger partial charge in [0.25, 0.3) is 11.5 Å². The Balaban J connectivity index is 1.38. The van der Waals surface area contributed by atoms with E-state index in [1.807, 2.05) is 24.3 Å². The minimum Gasteiger partial charge on any atom is -0.355 e. The van der Waals surface area contributed by atoms with Gasteiger partial charge in [-0.15, -0.1) is 0 Å². The van der Waals surface area contributed by atoms with E-state index in [4.69, 9.17) is 4.52 Å². The molecule has 8 heteroatoms. The zero-order valence-corrected chi connectivity index (χ0v) is 16.1. The van der Waals surface area contributed by atoms with E-state index in [-0.39, 0.29) is 23.2 Å². The molecule has 4 heterocycles. The van der Waals surface area contributed by atoms with Gasteiger partial charge in [0.15, 0.2) is 11.5 Å². The maximum atomic E-state index is 13.0. The molecule has 1 atom stereocenters. The molecule has 1 saturated heterocycles. The van der Waals surface area contributed by atoms with Crippen molar-refractivity contribution in [1.82, 2.24) is 24.6 Å². The lowest BCUT2D eigenvalue weighted by atomic mass is 10.0. The number of likely N-dealkylation sites (tertiary alicyclic amines) is 1. The van der Waals surface area contributed by atoms with E-state index < -0.39 is 0 Å². The number of pyridine rings is 1. The third-order valence-corrected chi connectivity index (χ3v) is 5.44. The van der Waals surface area contributed by atoms with Crippen molar-refractivity contribution in [2.24, 2.45) is 0 Å². The van der Waals surface area contributed by atoms with E-state index in [0.717, 1.165) is 18.4 Å². The molecule has 3 aromatic heterocycles.